The Bertz CT molecular complexity index is 243. The number of rotatable bonds is 3. The zero-order valence-electron chi connectivity index (χ0n) is 6.38. The Morgan fingerprint density at radius 2 is 2.36 bits per heavy atom. The second-order valence-electron chi connectivity index (χ2n) is 2.30. The lowest BCUT2D eigenvalue weighted by molar-refractivity contribution is 1.34. The summed E-state index contributed by atoms with van der Waals surface area (Å²) in [7, 11) is 0. The summed E-state index contributed by atoms with van der Waals surface area (Å²) in [5.74, 6) is 0. The van der Waals surface area contributed by atoms with E-state index in [4.69, 9.17) is 5.73 Å². The van der Waals surface area contributed by atoms with Crippen molar-refractivity contribution in [3.05, 3.63) is 36.9 Å². The monoisotopic (exact) mass is 148 g/mol. The van der Waals surface area contributed by atoms with Crippen LogP contribution < -0.4 is 11.1 Å². The Hall–Kier alpha value is -1.44. The average molecular weight is 148 g/mol. The summed E-state index contributed by atoms with van der Waals surface area (Å²) in [5, 5.41) is 3.14. The fourth-order valence-corrected chi connectivity index (χ4v) is 0.839. The highest BCUT2D eigenvalue weighted by Gasteiger charge is 1.88. The van der Waals surface area contributed by atoms with Gasteiger partial charge in [-0.05, 0) is 18.2 Å². The predicted octanol–water partition coefficient (Wildman–Crippen LogP) is 1.87. The van der Waals surface area contributed by atoms with Gasteiger partial charge in [-0.15, -0.1) is 6.58 Å². The van der Waals surface area contributed by atoms with Crippen LogP contribution in [0.3, 0.4) is 0 Å². The molecular weight excluding hydrogens is 136 g/mol. The molecule has 0 aliphatic heterocycles. The first-order valence-electron chi connectivity index (χ1n) is 3.53. The summed E-state index contributed by atoms with van der Waals surface area (Å²) in [6.45, 7) is 4.37. The van der Waals surface area contributed by atoms with Gasteiger partial charge in [0, 0.05) is 17.9 Å². The van der Waals surface area contributed by atoms with Crippen molar-refractivity contribution in [1.82, 2.24) is 0 Å². The van der Waals surface area contributed by atoms with Gasteiger partial charge in [-0.2, -0.15) is 0 Å². The Morgan fingerprint density at radius 1 is 1.55 bits per heavy atom. The first kappa shape index (κ1) is 7.66. The second kappa shape index (κ2) is 3.66. The number of hydrogen-bond acceptors (Lipinski definition) is 2. The summed E-state index contributed by atoms with van der Waals surface area (Å²) in [6.07, 6.45) is 1.81. The minimum absolute atomic E-state index is 0.767. The lowest BCUT2D eigenvalue weighted by atomic mass is 10.3. The van der Waals surface area contributed by atoms with Crippen molar-refractivity contribution < 1.29 is 0 Å². The van der Waals surface area contributed by atoms with E-state index < -0.39 is 0 Å². The topological polar surface area (TPSA) is 38.0 Å². The fraction of sp³-hybridized carbons (Fsp3) is 0.111. The maximum Gasteiger partial charge on any atom is 0.0363 e. The molecule has 1 aromatic rings. The number of nitrogens with one attached hydrogen (secondary N) is 1. The molecule has 0 saturated carbocycles. The molecule has 0 saturated heterocycles. The van der Waals surface area contributed by atoms with Crippen molar-refractivity contribution in [1.29, 1.82) is 0 Å². The lowest BCUT2D eigenvalue weighted by Crippen LogP contribution is -1.97. The molecule has 0 spiro atoms. The van der Waals surface area contributed by atoms with Crippen molar-refractivity contribution in [2.24, 2.45) is 0 Å². The Morgan fingerprint density at radius 3 is 3.00 bits per heavy atom. The molecule has 1 aromatic carbocycles. The first-order valence-corrected chi connectivity index (χ1v) is 3.53. The molecule has 2 nitrogen and oxygen atoms in total. The minimum Gasteiger partial charge on any atom is -0.399 e. The molecular formula is C9H12N2. The third-order valence-electron chi connectivity index (χ3n) is 1.34. The van der Waals surface area contributed by atoms with E-state index in [1.807, 2.05) is 30.3 Å². The molecule has 58 valence electrons. The molecule has 0 fully saturated rings. The molecule has 0 unspecified atom stereocenters. The molecule has 0 amide bonds. The third-order valence-corrected chi connectivity index (χ3v) is 1.34. The summed E-state index contributed by atoms with van der Waals surface area (Å²) in [5.41, 5.74) is 7.37. The third kappa shape index (κ3) is 2.34. The van der Waals surface area contributed by atoms with Crippen molar-refractivity contribution in [3.63, 3.8) is 0 Å². The van der Waals surface area contributed by atoms with E-state index in [-0.39, 0.29) is 0 Å². The van der Waals surface area contributed by atoms with Crippen LogP contribution in [0.15, 0.2) is 36.9 Å². The Labute approximate surface area is 66.7 Å². The highest BCUT2D eigenvalue weighted by molar-refractivity contribution is 5.54. The average Bonchev–Trinajstić information content (AvgIpc) is 2.01. The quantitative estimate of drug-likeness (QED) is 0.507. The van der Waals surface area contributed by atoms with Crippen LogP contribution in [-0.4, -0.2) is 6.54 Å². The largest absolute Gasteiger partial charge is 0.399 e. The van der Waals surface area contributed by atoms with Crippen LogP contribution in [0.25, 0.3) is 0 Å². The van der Waals surface area contributed by atoms with Gasteiger partial charge < -0.3 is 11.1 Å². The number of nitrogens with two attached hydrogens (primary N) is 1. The van der Waals surface area contributed by atoms with Crippen molar-refractivity contribution in [3.8, 4) is 0 Å². The molecule has 3 N–H and O–H groups in total. The van der Waals surface area contributed by atoms with Crippen molar-refractivity contribution in [2.45, 2.75) is 0 Å². The smallest absolute Gasteiger partial charge is 0.0363 e. The van der Waals surface area contributed by atoms with Crippen LogP contribution in [0.5, 0.6) is 0 Å². The van der Waals surface area contributed by atoms with E-state index in [0.717, 1.165) is 17.9 Å². The van der Waals surface area contributed by atoms with E-state index in [1.165, 1.54) is 0 Å². The molecule has 1 rings (SSSR count). The SMILES string of the molecule is C=CCNc1cccc(N)c1. The number of nitrogen functional groups attached to an aromatic ring is 1. The summed E-state index contributed by atoms with van der Waals surface area (Å²) in [4.78, 5) is 0. The lowest BCUT2D eigenvalue weighted by Gasteiger charge is -2.02. The zero-order chi connectivity index (χ0) is 8.10. The van der Waals surface area contributed by atoms with Gasteiger partial charge in [0.05, 0.1) is 0 Å². The molecule has 0 heterocycles. The van der Waals surface area contributed by atoms with Gasteiger partial charge in [0.25, 0.3) is 0 Å². The van der Waals surface area contributed by atoms with Crippen molar-refractivity contribution >= 4 is 11.4 Å². The molecule has 0 aliphatic rings. The maximum atomic E-state index is 5.56. The van der Waals surface area contributed by atoms with Crippen LogP contribution in [0, 0.1) is 0 Å². The molecule has 2 heteroatoms. The number of benzene rings is 1. The molecule has 0 radical (unpaired) electrons. The van der Waals surface area contributed by atoms with Crippen LogP contribution >= 0.6 is 0 Å². The van der Waals surface area contributed by atoms with Gasteiger partial charge in [-0.25, -0.2) is 0 Å². The van der Waals surface area contributed by atoms with Crippen LogP contribution in [-0.2, 0) is 0 Å². The normalized spacial score (nSPS) is 9.09. The van der Waals surface area contributed by atoms with Gasteiger partial charge in [0.1, 0.15) is 0 Å². The van der Waals surface area contributed by atoms with E-state index >= 15 is 0 Å². The van der Waals surface area contributed by atoms with Crippen LogP contribution in [0.1, 0.15) is 0 Å². The van der Waals surface area contributed by atoms with Crippen LogP contribution in [0.2, 0.25) is 0 Å². The van der Waals surface area contributed by atoms with Crippen molar-refractivity contribution in [2.75, 3.05) is 17.6 Å². The van der Waals surface area contributed by atoms with Gasteiger partial charge in [-0.1, -0.05) is 12.1 Å². The first-order chi connectivity index (χ1) is 5.33. The number of anilines is 2. The molecule has 0 aliphatic carbocycles. The standard InChI is InChI=1S/C9H12N2/c1-2-6-11-9-5-3-4-8(10)7-9/h2-5,7,11H,1,6,10H2. The van der Waals surface area contributed by atoms with Gasteiger partial charge >= 0.3 is 0 Å². The highest BCUT2D eigenvalue weighted by Crippen LogP contribution is 2.10. The molecule has 0 bridgehead atoms. The summed E-state index contributed by atoms with van der Waals surface area (Å²) < 4.78 is 0. The van der Waals surface area contributed by atoms with E-state index in [0.29, 0.717) is 0 Å². The van der Waals surface area contributed by atoms with E-state index in [1.54, 1.807) is 0 Å². The zero-order valence-corrected chi connectivity index (χ0v) is 6.38. The van der Waals surface area contributed by atoms with Gasteiger partial charge in [0.15, 0.2) is 0 Å². The second-order valence-corrected chi connectivity index (χ2v) is 2.30. The van der Waals surface area contributed by atoms with Gasteiger partial charge in [0.2, 0.25) is 0 Å². The molecule has 11 heavy (non-hydrogen) atoms. The van der Waals surface area contributed by atoms with Gasteiger partial charge in [-0.3, -0.25) is 0 Å². The van der Waals surface area contributed by atoms with E-state index in [2.05, 4.69) is 11.9 Å². The summed E-state index contributed by atoms with van der Waals surface area (Å²) in [6, 6.07) is 7.64. The molecule has 0 atom stereocenters. The van der Waals surface area contributed by atoms with Crippen LogP contribution in [0.4, 0.5) is 11.4 Å². The highest BCUT2D eigenvalue weighted by atomic mass is 14.9. The minimum atomic E-state index is 0.767. The van der Waals surface area contributed by atoms with E-state index in [9.17, 15) is 0 Å². The Balaban J connectivity index is 2.63. The number of hydrogen-bond donors (Lipinski definition) is 2. The Kier molecular flexibility index (Phi) is 2.55. The molecule has 0 aromatic heterocycles. The fourth-order valence-electron chi connectivity index (χ4n) is 0.839. The summed E-state index contributed by atoms with van der Waals surface area (Å²) >= 11 is 0. The predicted molar refractivity (Wildman–Crippen MR) is 49.5 cm³/mol. The maximum absolute atomic E-state index is 5.56.